The van der Waals surface area contributed by atoms with E-state index in [2.05, 4.69) is 5.32 Å². The molecule has 94 valence electrons. The van der Waals surface area contributed by atoms with Gasteiger partial charge in [0.2, 0.25) is 12.7 Å². The van der Waals surface area contributed by atoms with Gasteiger partial charge in [-0.15, -0.1) is 0 Å². The van der Waals surface area contributed by atoms with E-state index in [-0.39, 0.29) is 18.6 Å². The molecular weight excluding hydrogens is 232 g/mol. The van der Waals surface area contributed by atoms with E-state index >= 15 is 0 Å². The Balaban J connectivity index is 2.10. The van der Waals surface area contributed by atoms with E-state index < -0.39 is 5.92 Å². The molecule has 1 unspecified atom stereocenters. The lowest BCUT2D eigenvalue weighted by atomic mass is 9.96. The Labute approximate surface area is 105 Å². The molecule has 0 saturated heterocycles. The highest BCUT2D eigenvalue weighted by molar-refractivity contribution is 5.94. The molecule has 0 saturated carbocycles. The minimum atomic E-state index is -0.657. The number of carbonyl (C=O) groups is 1. The largest absolute Gasteiger partial charge is 0.454 e. The van der Waals surface area contributed by atoms with Crippen molar-refractivity contribution in [1.29, 1.82) is 5.26 Å². The molecule has 1 aliphatic heterocycles. The van der Waals surface area contributed by atoms with Crippen molar-refractivity contribution in [3.8, 4) is 17.6 Å². The number of benzene rings is 1. The van der Waals surface area contributed by atoms with Crippen LogP contribution in [0.2, 0.25) is 0 Å². The van der Waals surface area contributed by atoms with Crippen LogP contribution in [0.5, 0.6) is 11.5 Å². The lowest BCUT2D eigenvalue weighted by Gasteiger charge is -2.13. The van der Waals surface area contributed by atoms with Gasteiger partial charge in [-0.05, 0) is 18.1 Å². The first kappa shape index (κ1) is 12.2. The number of hydrogen-bond donors (Lipinski definition) is 1. The molecule has 1 atom stereocenters. The molecule has 1 amide bonds. The minimum Gasteiger partial charge on any atom is -0.454 e. The minimum absolute atomic E-state index is 0.0241. The average molecular weight is 246 g/mol. The lowest BCUT2D eigenvalue weighted by molar-refractivity contribution is -0.119. The number of nitrogens with one attached hydrogen (secondary N) is 1. The third-order valence-electron chi connectivity index (χ3n) is 2.73. The molecule has 5 heteroatoms. The number of carbonyl (C=O) groups excluding carboxylic acids is 1. The molecule has 1 aromatic rings. The summed E-state index contributed by atoms with van der Waals surface area (Å²) in [5.41, 5.74) is 0.602. The summed E-state index contributed by atoms with van der Waals surface area (Å²) in [4.78, 5) is 11.9. The third kappa shape index (κ3) is 2.38. The van der Waals surface area contributed by atoms with Crippen LogP contribution in [-0.4, -0.2) is 12.7 Å². The van der Waals surface area contributed by atoms with Gasteiger partial charge in [0.1, 0.15) is 5.92 Å². The van der Waals surface area contributed by atoms with Crippen molar-refractivity contribution >= 4 is 11.6 Å². The van der Waals surface area contributed by atoms with E-state index in [1.165, 1.54) is 0 Å². The van der Waals surface area contributed by atoms with E-state index in [9.17, 15) is 4.79 Å². The first-order chi connectivity index (χ1) is 8.61. The molecule has 0 bridgehead atoms. The topological polar surface area (TPSA) is 71.4 Å². The Morgan fingerprint density at radius 3 is 2.78 bits per heavy atom. The molecule has 1 aliphatic rings. The maximum Gasteiger partial charge on any atom is 0.241 e. The highest BCUT2D eigenvalue weighted by Crippen LogP contribution is 2.34. The summed E-state index contributed by atoms with van der Waals surface area (Å²) in [6.45, 7) is 3.87. The highest BCUT2D eigenvalue weighted by atomic mass is 16.7. The molecule has 18 heavy (non-hydrogen) atoms. The van der Waals surface area contributed by atoms with Crippen LogP contribution in [0.1, 0.15) is 13.8 Å². The molecule has 2 rings (SSSR count). The van der Waals surface area contributed by atoms with Crippen LogP contribution in [0.25, 0.3) is 0 Å². The summed E-state index contributed by atoms with van der Waals surface area (Å²) in [5, 5.41) is 11.7. The summed E-state index contributed by atoms with van der Waals surface area (Å²) in [6, 6.07) is 7.15. The number of anilines is 1. The number of rotatable bonds is 3. The van der Waals surface area contributed by atoms with Crippen molar-refractivity contribution in [3.63, 3.8) is 0 Å². The van der Waals surface area contributed by atoms with Crippen molar-refractivity contribution in [2.75, 3.05) is 12.1 Å². The molecule has 0 aliphatic carbocycles. The van der Waals surface area contributed by atoms with Gasteiger partial charge in [-0.2, -0.15) is 5.26 Å². The summed E-state index contributed by atoms with van der Waals surface area (Å²) in [5.74, 6) is 0.283. The van der Waals surface area contributed by atoms with Crippen LogP contribution < -0.4 is 14.8 Å². The van der Waals surface area contributed by atoms with Gasteiger partial charge in [-0.3, -0.25) is 4.79 Å². The van der Waals surface area contributed by atoms with Gasteiger partial charge in [-0.1, -0.05) is 13.8 Å². The smallest absolute Gasteiger partial charge is 0.241 e. The lowest BCUT2D eigenvalue weighted by Crippen LogP contribution is -2.25. The summed E-state index contributed by atoms with van der Waals surface area (Å²) in [7, 11) is 0. The van der Waals surface area contributed by atoms with Gasteiger partial charge < -0.3 is 14.8 Å². The monoisotopic (exact) mass is 246 g/mol. The zero-order valence-corrected chi connectivity index (χ0v) is 10.3. The van der Waals surface area contributed by atoms with E-state index in [1.807, 2.05) is 19.9 Å². The van der Waals surface area contributed by atoms with Crippen molar-refractivity contribution in [2.24, 2.45) is 11.8 Å². The molecule has 1 heterocycles. The second-order valence-electron chi connectivity index (χ2n) is 4.41. The standard InChI is InChI=1S/C13H14N2O3/c1-8(2)10(6-14)13(16)15-9-3-4-11-12(5-9)18-7-17-11/h3-5,8,10H,7H2,1-2H3,(H,15,16). The number of ether oxygens (including phenoxy) is 2. The number of fused-ring (bicyclic) bond motifs is 1. The SMILES string of the molecule is CC(C)C(C#N)C(=O)Nc1ccc2c(c1)OCO2. The van der Waals surface area contributed by atoms with Crippen molar-refractivity contribution in [1.82, 2.24) is 0 Å². The molecule has 1 aromatic carbocycles. The maximum atomic E-state index is 11.9. The first-order valence-electron chi connectivity index (χ1n) is 5.72. The zero-order chi connectivity index (χ0) is 13.1. The van der Waals surface area contributed by atoms with Crippen molar-refractivity contribution < 1.29 is 14.3 Å². The highest BCUT2D eigenvalue weighted by Gasteiger charge is 2.22. The van der Waals surface area contributed by atoms with Crippen LogP contribution in [-0.2, 0) is 4.79 Å². The third-order valence-corrected chi connectivity index (χ3v) is 2.73. The Hall–Kier alpha value is -2.22. The number of nitrogens with zero attached hydrogens (tertiary/aromatic N) is 1. The number of amides is 1. The van der Waals surface area contributed by atoms with Gasteiger partial charge in [0.05, 0.1) is 6.07 Å². The summed E-state index contributed by atoms with van der Waals surface area (Å²) >= 11 is 0. The predicted molar refractivity (Wildman–Crippen MR) is 65.1 cm³/mol. The van der Waals surface area contributed by atoms with Crippen molar-refractivity contribution in [3.05, 3.63) is 18.2 Å². The van der Waals surface area contributed by atoms with Crippen molar-refractivity contribution in [2.45, 2.75) is 13.8 Å². The van der Waals surface area contributed by atoms with Gasteiger partial charge in [-0.25, -0.2) is 0 Å². The fourth-order valence-electron chi connectivity index (χ4n) is 1.70. The fourth-order valence-corrected chi connectivity index (χ4v) is 1.70. The van der Waals surface area contributed by atoms with Gasteiger partial charge >= 0.3 is 0 Å². The average Bonchev–Trinajstić information content (AvgIpc) is 2.76. The first-order valence-corrected chi connectivity index (χ1v) is 5.72. The second kappa shape index (κ2) is 4.96. The van der Waals surface area contributed by atoms with Crippen LogP contribution in [0, 0.1) is 23.2 Å². The molecule has 1 N–H and O–H groups in total. The molecular formula is C13H14N2O3. The Morgan fingerprint density at radius 2 is 2.11 bits per heavy atom. The molecule has 5 nitrogen and oxygen atoms in total. The maximum absolute atomic E-state index is 11.9. The van der Waals surface area contributed by atoms with Crippen LogP contribution in [0.4, 0.5) is 5.69 Å². The quantitative estimate of drug-likeness (QED) is 0.887. The molecule has 0 aromatic heterocycles. The molecule has 0 radical (unpaired) electrons. The van der Waals surface area contributed by atoms with Crippen LogP contribution in [0.15, 0.2) is 18.2 Å². The summed E-state index contributed by atoms with van der Waals surface area (Å²) in [6.07, 6.45) is 0. The van der Waals surface area contributed by atoms with Gasteiger partial charge in [0.15, 0.2) is 11.5 Å². The molecule has 0 spiro atoms. The fraction of sp³-hybridized carbons (Fsp3) is 0.385. The summed E-state index contributed by atoms with van der Waals surface area (Å²) < 4.78 is 10.4. The predicted octanol–water partition coefficient (Wildman–Crippen LogP) is 2.15. The molecule has 0 fully saturated rings. The number of nitriles is 1. The van der Waals surface area contributed by atoms with E-state index in [4.69, 9.17) is 14.7 Å². The van der Waals surface area contributed by atoms with E-state index in [1.54, 1.807) is 18.2 Å². The number of hydrogen-bond acceptors (Lipinski definition) is 4. The normalized spacial score (nSPS) is 14.1. The van der Waals surface area contributed by atoms with Gasteiger partial charge in [0, 0.05) is 11.8 Å². The van der Waals surface area contributed by atoms with Crippen LogP contribution in [0.3, 0.4) is 0 Å². The zero-order valence-electron chi connectivity index (χ0n) is 10.3. The Bertz CT molecular complexity index is 505. The van der Waals surface area contributed by atoms with E-state index in [0.717, 1.165) is 0 Å². The van der Waals surface area contributed by atoms with E-state index in [0.29, 0.717) is 17.2 Å². The van der Waals surface area contributed by atoms with Crippen LogP contribution >= 0.6 is 0 Å². The Morgan fingerprint density at radius 1 is 1.39 bits per heavy atom. The Kier molecular flexibility index (Phi) is 3.38. The second-order valence-corrected chi connectivity index (χ2v) is 4.41. The van der Waals surface area contributed by atoms with Gasteiger partial charge in [0.25, 0.3) is 0 Å².